The molecule has 1 fully saturated rings. The van der Waals surface area contributed by atoms with Crippen molar-refractivity contribution in [2.45, 2.75) is 49.4 Å². The van der Waals surface area contributed by atoms with Crippen molar-refractivity contribution in [1.29, 1.82) is 0 Å². The molecule has 1 aromatic rings. The number of alkyl halides is 3. The normalized spacial score (nSPS) is 29.1. The average Bonchev–Trinajstić information content (AvgIpc) is 2.76. The van der Waals surface area contributed by atoms with E-state index in [2.05, 4.69) is 38.0 Å². The summed E-state index contributed by atoms with van der Waals surface area (Å²) in [6, 6.07) is 2.07. The van der Waals surface area contributed by atoms with Gasteiger partial charge >= 0.3 is 6.18 Å². The molecule has 3 heterocycles. The summed E-state index contributed by atoms with van der Waals surface area (Å²) in [5.41, 5.74) is 6.61. The topological polar surface area (TPSA) is 42.1 Å². The van der Waals surface area contributed by atoms with E-state index in [1.165, 1.54) is 0 Å². The fourth-order valence-corrected chi connectivity index (χ4v) is 4.59. The second-order valence-corrected chi connectivity index (χ2v) is 8.08. The van der Waals surface area contributed by atoms with E-state index in [-0.39, 0.29) is 18.5 Å². The Morgan fingerprint density at radius 3 is 2.48 bits per heavy atom. The third-order valence-electron chi connectivity index (χ3n) is 5.13. The van der Waals surface area contributed by atoms with Crippen LogP contribution in [0, 0.1) is 0 Å². The number of hydrogen-bond acceptors (Lipinski definition) is 3. The average molecular weight is 434 g/mol. The first-order valence-corrected chi connectivity index (χ1v) is 9.33. The number of fused-ring (bicyclic) bond motifs is 2. The van der Waals surface area contributed by atoms with Gasteiger partial charge in [-0.25, -0.2) is 0 Å². The summed E-state index contributed by atoms with van der Waals surface area (Å²) < 4.78 is 38.1. The van der Waals surface area contributed by atoms with Crippen LogP contribution in [0.25, 0.3) is 0 Å². The Bertz CT molecular complexity index is 676. The number of pyridine rings is 1. The van der Waals surface area contributed by atoms with Gasteiger partial charge < -0.3 is 5.73 Å². The number of thiocarbonyl (C=S) groups is 1. The smallest absolute Gasteiger partial charge is 0.389 e. The van der Waals surface area contributed by atoms with Crippen LogP contribution in [-0.4, -0.2) is 39.7 Å². The number of piperidine rings is 1. The van der Waals surface area contributed by atoms with Gasteiger partial charge in [-0.1, -0.05) is 24.4 Å². The minimum absolute atomic E-state index is 0.0486. The van der Waals surface area contributed by atoms with Gasteiger partial charge in [0.25, 0.3) is 0 Å². The Hall–Kier alpha value is -0.990. The van der Waals surface area contributed by atoms with Crippen LogP contribution in [0.4, 0.5) is 13.2 Å². The standard InChI is InChI=1S/C17H19BrF3N3S/c18-12-6-11(9-23-10-12)16(15(22)25)7-13-2-3-14(8-16)24(13)5-1-4-17(19,20)21/h2-3,6,9-10,13-14H,1,4-5,7-8H2,(H2,22,25)/t13-,14+,16+. The predicted octanol–water partition coefficient (Wildman–Crippen LogP) is 4.11. The molecule has 2 bridgehead atoms. The molecule has 0 radical (unpaired) electrons. The molecule has 0 saturated carbocycles. The number of nitrogens with two attached hydrogens (primary N) is 1. The number of nitrogens with zero attached hydrogens (tertiary/aromatic N) is 2. The van der Waals surface area contributed by atoms with E-state index >= 15 is 0 Å². The molecule has 2 aliphatic rings. The molecule has 0 aromatic carbocycles. The molecule has 1 saturated heterocycles. The fourth-order valence-electron chi connectivity index (χ4n) is 3.94. The second-order valence-electron chi connectivity index (χ2n) is 6.72. The molecule has 0 amide bonds. The lowest BCUT2D eigenvalue weighted by atomic mass is 9.70. The fraction of sp³-hybridized carbons (Fsp3) is 0.529. The van der Waals surface area contributed by atoms with Crippen LogP contribution >= 0.6 is 28.1 Å². The molecule has 8 heteroatoms. The molecular formula is C17H19BrF3N3S. The first-order valence-electron chi connectivity index (χ1n) is 8.13. The Morgan fingerprint density at radius 2 is 1.96 bits per heavy atom. The maximum atomic E-state index is 12.4. The van der Waals surface area contributed by atoms with Crippen molar-refractivity contribution < 1.29 is 13.2 Å². The quantitative estimate of drug-likeness (QED) is 0.560. The van der Waals surface area contributed by atoms with Crippen molar-refractivity contribution in [2.24, 2.45) is 5.73 Å². The van der Waals surface area contributed by atoms with Crippen LogP contribution in [0.15, 0.2) is 35.1 Å². The number of halogens is 4. The van der Waals surface area contributed by atoms with Crippen LogP contribution in [0.1, 0.15) is 31.2 Å². The van der Waals surface area contributed by atoms with Gasteiger partial charge in [0.05, 0.1) is 10.4 Å². The van der Waals surface area contributed by atoms with Crippen molar-refractivity contribution in [1.82, 2.24) is 9.88 Å². The van der Waals surface area contributed by atoms with Crippen molar-refractivity contribution in [3.63, 3.8) is 0 Å². The molecule has 3 rings (SSSR count). The zero-order chi connectivity index (χ0) is 18.2. The number of rotatable bonds is 5. The van der Waals surface area contributed by atoms with Gasteiger partial charge in [0.15, 0.2) is 0 Å². The molecule has 3 nitrogen and oxygen atoms in total. The van der Waals surface area contributed by atoms with Crippen LogP contribution in [-0.2, 0) is 5.41 Å². The van der Waals surface area contributed by atoms with E-state index in [1.807, 2.05) is 6.07 Å². The van der Waals surface area contributed by atoms with Gasteiger partial charge in [0.2, 0.25) is 0 Å². The Balaban J connectivity index is 1.78. The second kappa shape index (κ2) is 6.96. The highest BCUT2D eigenvalue weighted by molar-refractivity contribution is 9.10. The highest BCUT2D eigenvalue weighted by Gasteiger charge is 2.48. The minimum atomic E-state index is -4.10. The SMILES string of the molecule is NC(=S)[C@@]1(c2cncc(Br)c2)C[C@H]2C=C[C@@H](C1)N2CCCC(F)(F)F. The van der Waals surface area contributed by atoms with Gasteiger partial charge in [0, 0.05) is 35.4 Å². The van der Waals surface area contributed by atoms with Crippen LogP contribution in [0.3, 0.4) is 0 Å². The lowest BCUT2D eigenvalue weighted by molar-refractivity contribution is -0.136. The Morgan fingerprint density at radius 1 is 1.32 bits per heavy atom. The summed E-state index contributed by atoms with van der Waals surface area (Å²) in [6.45, 7) is 0.423. The van der Waals surface area contributed by atoms with E-state index in [1.54, 1.807) is 12.4 Å². The molecular weight excluding hydrogens is 415 g/mol. The highest BCUT2D eigenvalue weighted by Crippen LogP contribution is 2.45. The van der Waals surface area contributed by atoms with Crippen LogP contribution in [0.5, 0.6) is 0 Å². The first-order chi connectivity index (χ1) is 11.7. The van der Waals surface area contributed by atoms with E-state index < -0.39 is 18.0 Å². The van der Waals surface area contributed by atoms with Crippen molar-refractivity contribution in [2.75, 3.05) is 6.54 Å². The van der Waals surface area contributed by atoms with Gasteiger partial charge in [-0.2, -0.15) is 13.2 Å². The Kier molecular flexibility index (Phi) is 5.23. The lowest BCUT2D eigenvalue weighted by Gasteiger charge is -2.46. The summed E-state index contributed by atoms with van der Waals surface area (Å²) >= 11 is 8.83. The van der Waals surface area contributed by atoms with Gasteiger partial charge in [-0.05, 0) is 53.4 Å². The van der Waals surface area contributed by atoms with Crippen LogP contribution < -0.4 is 5.73 Å². The zero-order valence-electron chi connectivity index (χ0n) is 13.5. The molecule has 2 N–H and O–H groups in total. The summed E-state index contributed by atoms with van der Waals surface area (Å²) in [5.74, 6) is 0. The molecule has 0 unspecified atom stereocenters. The highest BCUT2D eigenvalue weighted by atomic mass is 79.9. The van der Waals surface area contributed by atoms with E-state index in [0.717, 1.165) is 10.0 Å². The largest absolute Gasteiger partial charge is 0.393 e. The van der Waals surface area contributed by atoms with Gasteiger partial charge in [0.1, 0.15) is 0 Å². The zero-order valence-corrected chi connectivity index (χ0v) is 15.9. The molecule has 3 atom stereocenters. The van der Waals surface area contributed by atoms with Crippen molar-refractivity contribution in [3.05, 3.63) is 40.6 Å². The maximum Gasteiger partial charge on any atom is 0.389 e. The Labute approximate surface area is 158 Å². The summed E-state index contributed by atoms with van der Waals surface area (Å²) in [5, 5.41) is 0. The van der Waals surface area contributed by atoms with E-state index in [9.17, 15) is 13.2 Å². The summed E-state index contributed by atoms with van der Waals surface area (Å²) in [7, 11) is 0. The molecule has 25 heavy (non-hydrogen) atoms. The van der Waals surface area contributed by atoms with Crippen molar-refractivity contribution >= 4 is 33.1 Å². The van der Waals surface area contributed by atoms with E-state index in [0.29, 0.717) is 24.4 Å². The summed E-state index contributed by atoms with van der Waals surface area (Å²) in [4.78, 5) is 6.78. The molecule has 0 spiro atoms. The molecule has 2 aliphatic heterocycles. The number of hydrogen-bond donors (Lipinski definition) is 1. The minimum Gasteiger partial charge on any atom is -0.393 e. The maximum absolute atomic E-state index is 12.4. The molecule has 0 aliphatic carbocycles. The molecule has 1 aromatic heterocycles. The van der Waals surface area contributed by atoms with Gasteiger partial charge in [-0.15, -0.1) is 0 Å². The number of aromatic nitrogens is 1. The monoisotopic (exact) mass is 433 g/mol. The predicted molar refractivity (Wildman–Crippen MR) is 98.3 cm³/mol. The van der Waals surface area contributed by atoms with Crippen molar-refractivity contribution in [3.8, 4) is 0 Å². The molecule has 136 valence electrons. The van der Waals surface area contributed by atoms with E-state index in [4.69, 9.17) is 18.0 Å². The first kappa shape index (κ1) is 18.8. The lowest BCUT2D eigenvalue weighted by Crippen LogP contribution is -2.55. The third kappa shape index (κ3) is 3.90. The third-order valence-corrected chi connectivity index (χ3v) is 5.95. The summed E-state index contributed by atoms with van der Waals surface area (Å²) in [6.07, 6.45) is 4.22. The van der Waals surface area contributed by atoms with Crippen LogP contribution in [0.2, 0.25) is 0 Å². The van der Waals surface area contributed by atoms with Gasteiger partial charge in [-0.3, -0.25) is 9.88 Å².